The summed E-state index contributed by atoms with van der Waals surface area (Å²) < 4.78 is 0. The van der Waals surface area contributed by atoms with Crippen LogP contribution >= 0.6 is 0 Å². The van der Waals surface area contributed by atoms with Gasteiger partial charge in [0, 0.05) is 19.2 Å². The van der Waals surface area contributed by atoms with Gasteiger partial charge in [0.1, 0.15) is 5.82 Å². The van der Waals surface area contributed by atoms with Crippen molar-refractivity contribution in [2.75, 3.05) is 11.4 Å². The number of carboxylic acids is 1. The lowest BCUT2D eigenvalue weighted by Gasteiger charge is -2.16. The van der Waals surface area contributed by atoms with Gasteiger partial charge in [-0.2, -0.15) is 0 Å². The Morgan fingerprint density at radius 1 is 1.62 bits per heavy atom. The summed E-state index contributed by atoms with van der Waals surface area (Å²) in [5.41, 5.74) is 0.877. The van der Waals surface area contributed by atoms with Gasteiger partial charge in [0.05, 0.1) is 5.92 Å². The lowest BCUT2D eigenvalue weighted by molar-refractivity contribution is -0.141. The van der Waals surface area contributed by atoms with E-state index in [9.17, 15) is 9.59 Å². The van der Waals surface area contributed by atoms with E-state index >= 15 is 0 Å². The molecule has 1 unspecified atom stereocenters. The lowest BCUT2D eigenvalue weighted by atomic mass is 10.1. The van der Waals surface area contributed by atoms with Crippen LogP contribution in [0.1, 0.15) is 12.0 Å². The van der Waals surface area contributed by atoms with E-state index in [4.69, 9.17) is 5.11 Å². The van der Waals surface area contributed by atoms with E-state index in [-0.39, 0.29) is 18.9 Å². The molecule has 1 aromatic heterocycles. The average Bonchev–Trinajstić information content (AvgIpc) is 2.61. The Morgan fingerprint density at radius 2 is 2.38 bits per heavy atom. The van der Waals surface area contributed by atoms with E-state index in [1.807, 2.05) is 13.0 Å². The van der Waals surface area contributed by atoms with Crippen molar-refractivity contribution in [1.82, 2.24) is 4.98 Å². The molecule has 84 valence electrons. The number of carbonyl (C=O) groups excluding carboxylic acids is 1. The number of aromatic nitrogens is 1. The normalized spacial score (nSPS) is 20.2. The summed E-state index contributed by atoms with van der Waals surface area (Å²) in [5, 5.41) is 8.87. The van der Waals surface area contributed by atoms with E-state index in [0.717, 1.165) is 5.56 Å². The van der Waals surface area contributed by atoms with Crippen LogP contribution in [-0.4, -0.2) is 28.5 Å². The van der Waals surface area contributed by atoms with Gasteiger partial charge in [0.25, 0.3) is 0 Å². The van der Waals surface area contributed by atoms with E-state index in [2.05, 4.69) is 4.98 Å². The monoisotopic (exact) mass is 220 g/mol. The van der Waals surface area contributed by atoms with Crippen molar-refractivity contribution in [3.63, 3.8) is 0 Å². The number of hydrogen-bond acceptors (Lipinski definition) is 3. The number of rotatable bonds is 2. The van der Waals surface area contributed by atoms with Gasteiger partial charge in [-0.1, -0.05) is 6.07 Å². The second-order valence-electron chi connectivity index (χ2n) is 3.89. The Morgan fingerprint density at radius 3 is 2.94 bits per heavy atom. The SMILES string of the molecule is Cc1cccnc1N1CC(C(=O)O)CC1=O. The predicted octanol–water partition coefficient (Wildman–Crippen LogP) is 0.828. The second kappa shape index (κ2) is 3.92. The molecular formula is C11H12N2O3. The van der Waals surface area contributed by atoms with Gasteiger partial charge < -0.3 is 5.11 Å². The fourth-order valence-electron chi connectivity index (χ4n) is 1.84. The van der Waals surface area contributed by atoms with Crippen molar-refractivity contribution >= 4 is 17.7 Å². The van der Waals surface area contributed by atoms with Crippen molar-refractivity contribution in [1.29, 1.82) is 0 Å². The Balaban J connectivity index is 2.27. The minimum Gasteiger partial charge on any atom is -0.481 e. The number of carboxylic acid groups (broad SMARTS) is 1. The highest BCUT2D eigenvalue weighted by Gasteiger charge is 2.36. The summed E-state index contributed by atoms with van der Waals surface area (Å²) in [6.45, 7) is 2.07. The molecule has 1 saturated heterocycles. The molecule has 0 radical (unpaired) electrons. The minimum atomic E-state index is -0.926. The van der Waals surface area contributed by atoms with Crippen molar-refractivity contribution in [3.05, 3.63) is 23.9 Å². The molecule has 0 saturated carbocycles. The van der Waals surface area contributed by atoms with Crippen LogP contribution in [0.5, 0.6) is 0 Å². The number of amides is 1. The van der Waals surface area contributed by atoms with Gasteiger partial charge in [-0.15, -0.1) is 0 Å². The first kappa shape index (κ1) is 10.6. The van der Waals surface area contributed by atoms with Gasteiger partial charge in [-0.3, -0.25) is 14.5 Å². The highest BCUT2D eigenvalue weighted by Crippen LogP contribution is 2.25. The number of hydrogen-bond donors (Lipinski definition) is 1. The van der Waals surface area contributed by atoms with Gasteiger partial charge in [-0.05, 0) is 18.6 Å². The topological polar surface area (TPSA) is 70.5 Å². The van der Waals surface area contributed by atoms with Crippen molar-refractivity contribution in [2.24, 2.45) is 5.92 Å². The maximum Gasteiger partial charge on any atom is 0.308 e. The van der Waals surface area contributed by atoms with Crippen LogP contribution in [0, 0.1) is 12.8 Å². The van der Waals surface area contributed by atoms with Gasteiger partial charge in [0.2, 0.25) is 5.91 Å². The molecule has 1 N–H and O–H groups in total. The zero-order valence-electron chi connectivity index (χ0n) is 8.88. The fraction of sp³-hybridized carbons (Fsp3) is 0.364. The quantitative estimate of drug-likeness (QED) is 0.801. The third kappa shape index (κ3) is 1.76. The van der Waals surface area contributed by atoms with E-state index in [1.165, 1.54) is 4.90 Å². The molecule has 1 aliphatic rings. The largest absolute Gasteiger partial charge is 0.481 e. The summed E-state index contributed by atoms with van der Waals surface area (Å²) in [6.07, 6.45) is 1.66. The van der Waals surface area contributed by atoms with Gasteiger partial charge in [0.15, 0.2) is 0 Å². The molecule has 1 fully saturated rings. The zero-order valence-corrected chi connectivity index (χ0v) is 8.88. The molecule has 1 amide bonds. The van der Waals surface area contributed by atoms with Crippen molar-refractivity contribution < 1.29 is 14.7 Å². The van der Waals surface area contributed by atoms with Crippen molar-refractivity contribution in [3.8, 4) is 0 Å². The summed E-state index contributed by atoms with van der Waals surface area (Å²) in [5.74, 6) is -1.15. The minimum absolute atomic E-state index is 0.0609. The fourth-order valence-corrected chi connectivity index (χ4v) is 1.84. The molecule has 1 aliphatic heterocycles. The van der Waals surface area contributed by atoms with Gasteiger partial charge >= 0.3 is 5.97 Å². The van der Waals surface area contributed by atoms with E-state index < -0.39 is 11.9 Å². The molecule has 0 aliphatic carbocycles. The summed E-state index contributed by atoms with van der Waals surface area (Å²) >= 11 is 0. The molecular weight excluding hydrogens is 208 g/mol. The molecule has 1 aromatic rings. The second-order valence-corrected chi connectivity index (χ2v) is 3.89. The van der Waals surface area contributed by atoms with Crippen LogP contribution in [0.2, 0.25) is 0 Å². The van der Waals surface area contributed by atoms with E-state index in [0.29, 0.717) is 5.82 Å². The molecule has 2 rings (SSSR count). The Bertz CT molecular complexity index is 445. The van der Waals surface area contributed by atoms with Crippen LogP contribution in [0.3, 0.4) is 0 Å². The molecule has 5 nitrogen and oxygen atoms in total. The number of nitrogens with zero attached hydrogens (tertiary/aromatic N) is 2. The van der Waals surface area contributed by atoms with Crippen molar-refractivity contribution in [2.45, 2.75) is 13.3 Å². The number of carbonyl (C=O) groups is 2. The molecule has 0 spiro atoms. The molecule has 1 atom stereocenters. The summed E-state index contributed by atoms with van der Waals surface area (Å²) in [7, 11) is 0. The Kier molecular flexibility index (Phi) is 2.60. The maximum absolute atomic E-state index is 11.7. The molecule has 0 aromatic carbocycles. The highest BCUT2D eigenvalue weighted by molar-refractivity contribution is 5.98. The molecule has 2 heterocycles. The summed E-state index contributed by atoms with van der Waals surface area (Å²) in [6, 6.07) is 3.64. The molecule has 5 heteroatoms. The van der Waals surface area contributed by atoms with Gasteiger partial charge in [-0.25, -0.2) is 4.98 Å². The maximum atomic E-state index is 11.7. The number of anilines is 1. The first-order valence-corrected chi connectivity index (χ1v) is 5.04. The summed E-state index contributed by atoms with van der Waals surface area (Å²) in [4.78, 5) is 28.0. The first-order chi connectivity index (χ1) is 7.59. The Hall–Kier alpha value is -1.91. The van der Waals surface area contributed by atoms with Crippen LogP contribution in [0.15, 0.2) is 18.3 Å². The molecule has 0 bridgehead atoms. The van der Waals surface area contributed by atoms with Crippen LogP contribution < -0.4 is 4.90 Å². The van der Waals surface area contributed by atoms with Crippen LogP contribution in [0.4, 0.5) is 5.82 Å². The predicted molar refractivity (Wildman–Crippen MR) is 57.1 cm³/mol. The smallest absolute Gasteiger partial charge is 0.308 e. The average molecular weight is 220 g/mol. The third-order valence-electron chi connectivity index (χ3n) is 2.71. The van der Waals surface area contributed by atoms with Crippen LogP contribution in [-0.2, 0) is 9.59 Å². The first-order valence-electron chi connectivity index (χ1n) is 5.04. The Labute approximate surface area is 92.7 Å². The highest BCUT2D eigenvalue weighted by atomic mass is 16.4. The lowest BCUT2D eigenvalue weighted by Crippen LogP contribution is -2.27. The van der Waals surface area contributed by atoms with E-state index in [1.54, 1.807) is 12.3 Å². The zero-order chi connectivity index (χ0) is 11.7. The number of pyridine rings is 1. The van der Waals surface area contributed by atoms with Crippen LogP contribution in [0.25, 0.3) is 0 Å². The molecule has 16 heavy (non-hydrogen) atoms. The number of aliphatic carboxylic acids is 1. The standard InChI is InChI=1S/C11H12N2O3/c1-7-3-2-4-12-10(7)13-6-8(11(15)16)5-9(13)14/h2-4,8H,5-6H2,1H3,(H,15,16). The number of aryl methyl sites for hydroxylation is 1. The third-order valence-corrected chi connectivity index (χ3v) is 2.71.